The van der Waals surface area contributed by atoms with Gasteiger partial charge in [0.05, 0.1) is 24.3 Å². The Morgan fingerprint density at radius 1 is 1.15 bits per heavy atom. The quantitative estimate of drug-likeness (QED) is 0.749. The highest BCUT2D eigenvalue weighted by Crippen LogP contribution is 2.23. The molecule has 2 aliphatic heterocycles. The zero-order valence-corrected chi connectivity index (χ0v) is 15.0. The number of carbonyl (C=O) groups is 3. The fourth-order valence-electron chi connectivity index (χ4n) is 3.18. The lowest BCUT2D eigenvalue weighted by atomic mass is 10.1. The van der Waals surface area contributed by atoms with E-state index in [1.807, 2.05) is 6.92 Å². The summed E-state index contributed by atoms with van der Waals surface area (Å²) in [5.74, 6) is -1.32. The van der Waals surface area contributed by atoms with Gasteiger partial charge in [0.15, 0.2) is 5.79 Å². The summed E-state index contributed by atoms with van der Waals surface area (Å²) in [5.41, 5.74) is 0.866. The van der Waals surface area contributed by atoms with E-state index in [9.17, 15) is 14.4 Å². The topological polar surface area (TPSA) is 84.9 Å². The Kier molecular flexibility index (Phi) is 5.68. The van der Waals surface area contributed by atoms with Gasteiger partial charge >= 0.3 is 0 Å². The number of imide groups is 1. The van der Waals surface area contributed by atoms with Crippen LogP contribution in [-0.4, -0.2) is 54.7 Å². The first-order chi connectivity index (χ1) is 12.5. The number of amides is 3. The second-order valence-electron chi connectivity index (χ2n) is 6.70. The molecule has 0 saturated carbocycles. The van der Waals surface area contributed by atoms with Crippen LogP contribution in [0.3, 0.4) is 0 Å². The van der Waals surface area contributed by atoms with Crippen molar-refractivity contribution >= 4 is 17.7 Å². The van der Waals surface area contributed by atoms with Crippen molar-refractivity contribution < 1.29 is 23.9 Å². The molecule has 1 aromatic carbocycles. The van der Waals surface area contributed by atoms with Gasteiger partial charge < -0.3 is 14.8 Å². The van der Waals surface area contributed by atoms with Crippen molar-refractivity contribution in [2.75, 3.05) is 26.3 Å². The van der Waals surface area contributed by atoms with Crippen molar-refractivity contribution in [1.29, 1.82) is 0 Å². The van der Waals surface area contributed by atoms with E-state index < -0.39 is 5.79 Å². The predicted octanol–water partition coefficient (Wildman–Crippen LogP) is 1.72. The predicted molar refractivity (Wildman–Crippen MR) is 93.6 cm³/mol. The Bertz CT molecular complexity index is 662. The number of nitrogens with zero attached hydrogens (tertiary/aromatic N) is 1. The number of nitrogens with one attached hydrogen (secondary N) is 1. The van der Waals surface area contributed by atoms with E-state index in [-0.39, 0.29) is 30.7 Å². The largest absolute Gasteiger partial charge is 0.356 e. The maximum Gasteiger partial charge on any atom is 0.261 e. The zero-order chi connectivity index (χ0) is 18.6. The van der Waals surface area contributed by atoms with E-state index in [1.54, 1.807) is 24.3 Å². The number of benzene rings is 1. The normalized spacial score (nSPS) is 18.7. The molecule has 0 spiro atoms. The lowest BCUT2D eigenvalue weighted by Gasteiger charge is -2.33. The first-order valence-electron chi connectivity index (χ1n) is 9.00. The smallest absolute Gasteiger partial charge is 0.261 e. The maximum atomic E-state index is 12.2. The summed E-state index contributed by atoms with van der Waals surface area (Å²) < 4.78 is 11.2. The van der Waals surface area contributed by atoms with E-state index in [1.165, 1.54) is 4.90 Å². The summed E-state index contributed by atoms with van der Waals surface area (Å²) >= 11 is 0. The monoisotopic (exact) mass is 360 g/mol. The van der Waals surface area contributed by atoms with Gasteiger partial charge in [-0.25, -0.2) is 0 Å². The Hall–Kier alpha value is -2.25. The van der Waals surface area contributed by atoms with Gasteiger partial charge in [0.25, 0.3) is 11.8 Å². The first kappa shape index (κ1) is 18.5. The number of hydrogen-bond donors (Lipinski definition) is 1. The molecule has 0 unspecified atom stereocenters. The molecule has 7 nitrogen and oxygen atoms in total. The number of rotatable bonds is 7. The number of fused-ring (bicyclic) bond motifs is 1. The molecular weight excluding hydrogens is 336 g/mol. The third-order valence-corrected chi connectivity index (χ3v) is 4.67. The molecule has 0 aliphatic carbocycles. The molecule has 0 atom stereocenters. The highest BCUT2D eigenvalue weighted by molar-refractivity contribution is 6.21. The second-order valence-corrected chi connectivity index (χ2v) is 6.70. The molecule has 1 aromatic rings. The average Bonchev–Trinajstić information content (AvgIpc) is 2.87. The van der Waals surface area contributed by atoms with Crippen LogP contribution >= 0.6 is 0 Å². The van der Waals surface area contributed by atoms with Crippen molar-refractivity contribution in [2.24, 2.45) is 0 Å². The second kappa shape index (κ2) is 7.97. The minimum atomic E-state index is -0.633. The summed E-state index contributed by atoms with van der Waals surface area (Å²) in [6.45, 7) is 3.92. The lowest BCUT2D eigenvalue weighted by Crippen LogP contribution is -2.41. The molecule has 3 amide bonds. The molecule has 3 rings (SSSR count). The lowest BCUT2D eigenvalue weighted by molar-refractivity contribution is -0.257. The van der Waals surface area contributed by atoms with Crippen molar-refractivity contribution in [2.45, 2.75) is 38.4 Å². The van der Waals surface area contributed by atoms with Gasteiger partial charge in [-0.2, -0.15) is 0 Å². The third-order valence-electron chi connectivity index (χ3n) is 4.67. The van der Waals surface area contributed by atoms with Crippen LogP contribution in [0, 0.1) is 0 Å². The van der Waals surface area contributed by atoms with Gasteiger partial charge in [0.2, 0.25) is 5.91 Å². The standard InChI is InChI=1S/C19H24N2O5/c1-19(25-12-5-13-26-19)9-10-20-16(22)8-4-11-21-17(23)14-6-2-3-7-15(14)18(21)24/h2-3,6-7H,4-5,8-13H2,1H3,(H,20,22). The zero-order valence-electron chi connectivity index (χ0n) is 15.0. The van der Waals surface area contributed by atoms with E-state index in [2.05, 4.69) is 5.32 Å². The van der Waals surface area contributed by atoms with Crippen molar-refractivity contribution in [3.8, 4) is 0 Å². The molecule has 26 heavy (non-hydrogen) atoms. The Labute approximate surface area is 152 Å². The van der Waals surface area contributed by atoms with Gasteiger partial charge in [0, 0.05) is 25.9 Å². The summed E-state index contributed by atoms with van der Waals surface area (Å²) in [6, 6.07) is 6.78. The Balaban J connectivity index is 1.38. The van der Waals surface area contributed by atoms with E-state index in [0.717, 1.165) is 6.42 Å². The molecule has 7 heteroatoms. The van der Waals surface area contributed by atoms with Crippen molar-refractivity contribution in [3.05, 3.63) is 35.4 Å². The Morgan fingerprint density at radius 3 is 2.38 bits per heavy atom. The maximum absolute atomic E-state index is 12.2. The summed E-state index contributed by atoms with van der Waals surface area (Å²) in [6.07, 6.45) is 2.16. The molecule has 0 bridgehead atoms. The molecule has 0 radical (unpaired) electrons. The summed E-state index contributed by atoms with van der Waals surface area (Å²) in [7, 11) is 0. The van der Waals surface area contributed by atoms with Crippen LogP contribution in [0.15, 0.2) is 24.3 Å². The molecule has 140 valence electrons. The van der Waals surface area contributed by atoms with Gasteiger partial charge in [-0.05, 0) is 31.9 Å². The van der Waals surface area contributed by atoms with Crippen LogP contribution in [0.4, 0.5) is 0 Å². The van der Waals surface area contributed by atoms with Crippen LogP contribution in [0.1, 0.15) is 53.3 Å². The van der Waals surface area contributed by atoms with Gasteiger partial charge in [0.1, 0.15) is 0 Å². The van der Waals surface area contributed by atoms with E-state index in [4.69, 9.17) is 9.47 Å². The van der Waals surface area contributed by atoms with Gasteiger partial charge in [-0.1, -0.05) is 12.1 Å². The molecule has 2 heterocycles. The van der Waals surface area contributed by atoms with Crippen LogP contribution in [-0.2, 0) is 14.3 Å². The van der Waals surface area contributed by atoms with E-state index in [0.29, 0.717) is 43.7 Å². The van der Waals surface area contributed by atoms with Crippen molar-refractivity contribution in [1.82, 2.24) is 10.2 Å². The number of ether oxygens (including phenoxy) is 2. The van der Waals surface area contributed by atoms with Crippen LogP contribution < -0.4 is 5.32 Å². The molecule has 1 saturated heterocycles. The molecule has 2 aliphatic rings. The fraction of sp³-hybridized carbons (Fsp3) is 0.526. The molecule has 1 fully saturated rings. The minimum Gasteiger partial charge on any atom is -0.356 e. The van der Waals surface area contributed by atoms with Crippen molar-refractivity contribution in [3.63, 3.8) is 0 Å². The van der Waals surface area contributed by atoms with Crippen LogP contribution in [0.2, 0.25) is 0 Å². The number of hydrogen-bond acceptors (Lipinski definition) is 5. The van der Waals surface area contributed by atoms with Gasteiger partial charge in [-0.15, -0.1) is 0 Å². The number of carbonyl (C=O) groups excluding carboxylic acids is 3. The Morgan fingerprint density at radius 2 is 1.77 bits per heavy atom. The SMILES string of the molecule is CC1(CCNC(=O)CCCN2C(=O)c3ccccc3C2=O)OCCCO1. The van der Waals surface area contributed by atoms with Crippen LogP contribution in [0.5, 0.6) is 0 Å². The van der Waals surface area contributed by atoms with Gasteiger partial charge in [-0.3, -0.25) is 19.3 Å². The summed E-state index contributed by atoms with van der Waals surface area (Å²) in [5, 5.41) is 2.83. The summed E-state index contributed by atoms with van der Waals surface area (Å²) in [4.78, 5) is 37.7. The molecular formula is C19H24N2O5. The first-order valence-corrected chi connectivity index (χ1v) is 9.00. The average molecular weight is 360 g/mol. The highest BCUT2D eigenvalue weighted by Gasteiger charge is 2.34. The molecule has 1 N–H and O–H groups in total. The molecule has 0 aromatic heterocycles. The third kappa shape index (κ3) is 4.11. The van der Waals surface area contributed by atoms with Crippen LogP contribution in [0.25, 0.3) is 0 Å². The fourth-order valence-corrected chi connectivity index (χ4v) is 3.18. The van der Waals surface area contributed by atoms with E-state index >= 15 is 0 Å². The minimum absolute atomic E-state index is 0.110. The highest BCUT2D eigenvalue weighted by atomic mass is 16.7.